The number of benzene rings is 1. The van der Waals surface area contributed by atoms with E-state index in [4.69, 9.17) is 5.26 Å². The number of nitrogens with one attached hydrogen (secondary N) is 1. The molecule has 1 unspecified atom stereocenters. The van der Waals surface area contributed by atoms with Crippen LogP contribution in [0, 0.1) is 17.2 Å². The summed E-state index contributed by atoms with van der Waals surface area (Å²) in [6, 6.07) is 15.1. The van der Waals surface area contributed by atoms with Crippen molar-refractivity contribution in [1.29, 1.82) is 5.26 Å². The SMILES string of the molecule is Cn1c(C#N)ccc1NC(=O)C(O)(Cc1ccccc1)C1CCCCC1. The van der Waals surface area contributed by atoms with Crippen LogP contribution in [0.2, 0.25) is 0 Å². The van der Waals surface area contributed by atoms with E-state index in [0.717, 1.165) is 37.7 Å². The summed E-state index contributed by atoms with van der Waals surface area (Å²) in [5.41, 5.74) is -0.0522. The molecule has 2 N–H and O–H groups in total. The molecule has 1 aliphatic carbocycles. The zero-order chi connectivity index (χ0) is 18.6. The Morgan fingerprint density at radius 2 is 1.92 bits per heavy atom. The summed E-state index contributed by atoms with van der Waals surface area (Å²) in [4.78, 5) is 13.1. The number of hydrogen-bond donors (Lipinski definition) is 2. The fourth-order valence-corrected chi connectivity index (χ4v) is 3.87. The maximum Gasteiger partial charge on any atom is 0.258 e. The monoisotopic (exact) mass is 351 g/mol. The Morgan fingerprint density at radius 1 is 1.23 bits per heavy atom. The normalized spacial score (nSPS) is 17.3. The number of nitriles is 1. The molecule has 1 aliphatic rings. The number of carbonyl (C=O) groups is 1. The molecule has 0 bridgehead atoms. The van der Waals surface area contributed by atoms with Crippen LogP contribution in [0.4, 0.5) is 5.82 Å². The number of aliphatic hydroxyl groups is 1. The molecule has 0 aliphatic heterocycles. The maximum atomic E-state index is 13.1. The van der Waals surface area contributed by atoms with E-state index in [0.29, 0.717) is 17.9 Å². The lowest BCUT2D eigenvalue weighted by Gasteiger charge is -2.37. The molecule has 1 heterocycles. The molecule has 0 radical (unpaired) electrons. The van der Waals surface area contributed by atoms with Crippen molar-refractivity contribution in [3.8, 4) is 6.07 Å². The third-order valence-electron chi connectivity index (χ3n) is 5.47. The highest BCUT2D eigenvalue weighted by atomic mass is 16.3. The van der Waals surface area contributed by atoms with Gasteiger partial charge in [-0.1, -0.05) is 49.6 Å². The highest BCUT2D eigenvalue weighted by molar-refractivity contribution is 5.97. The van der Waals surface area contributed by atoms with Crippen molar-refractivity contribution in [2.24, 2.45) is 13.0 Å². The zero-order valence-electron chi connectivity index (χ0n) is 15.1. The van der Waals surface area contributed by atoms with Gasteiger partial charge in [-0.3, -0.25) is 4.79 Å². The Bertz CT molecular complexity index is 800. The largest absolute Gasteiger partial charge is 0.379 e. The van der Waals surface area contributed by atoms with Gasteiger partial charge in [0.1, 0.15) is 23.2 Å². The second kappa shape index (κ2) is 7.76. The maximum absolute atomic E-state index is 13.1. The smallest absolute Gasteiger partial charge is 0.258 e. The molecular formula is C21H25N3O2. The third-order valence-corrected chi connectivity index (χ3v) is 5.47. The van der Waals surface area contributed by atoms with Crippen LogP contribution in [-0.4, -0.2) is 21.2 Å². The molecule has 1 aromatic heterocycles. The van der Waals surface area contributed by atoms with Gasteiger partial charge in [0.2, 0.25) is 0 Å². The number of carbonyl (C=O) groups excluding carboxylic acids is 1. The number of amides is 1. The second-order valence-electron chi connectivity index (χ2n) is 7.15. The van der Waals surface area contributed by atoms with Crippen LogP contribution in [0.1, 0.15) is 43.4 Å². The fourth-order valence-electron chi connectivity index (χ4n) is 3.87. The highest BCUT2D eigenvalue weighted by Crippen LogP contribution is 2.36. The predicted molar refractivity (Wildman–Crippen MR) is 100 cm³/mol. The summed E-state index contributed by atoms with van der Waals surface area (Å²) in [6.45, 7) is 0. The standard InChI is InChI=1S/C21H25N3O2/c1-24-18(15-22)12-13-19(24)23-20(25)21(26,17-10-6-3-7-11-17)14-16-8-4-2-5-9-16/h2,4-5,8-9,12-13,17,26H,3,6-7,10-11,14H2,1H3,(H,23,25). The van der Waals surface area contributed by atoms with Crippen molar-refractivity contribution >= 4 is 11.7 Å². The van der Waals surface area contributed by atoms with E-state index in [9.17, 15) is 9.90 Å². The summed E-state index contributed by atoms with van der Waals surface area (Å²) in [7, 11) is 1.73. The topological polar surface area (TPSA) is 78.0 Å². The first-order valence-electron chi connectivity index (χ1n) is 9.18. The molecule has 0 saturated heterocycles. The average molecular weight is 351 g/mol. The van der Waals surface area contributed by atoms with Gasteiger partial charge >= 0.3 is 0 Å². The molecule has 1 saturated carbocycles. The molecule has 0 spiro atoms. The van der Waals surface area contributed by atoms with Crippen molar-refractivity contribution in [2.45, 2.75) is 44.1 Å². The molecule has 1 aromatic carbocycles. The summed E-state index contributed by atoms with van der Waals surface area (Å²) >= 11 is 0. The lowest BCUT2D eigenvalue weighted by Crippen LogP contribution is -2.51. The first-order chi connectivity index (χ1) is 12.5. The van der Waals surface area contributed by atoms with E-state index < -0.39 is 5.60 Å². The van der Waals surface area contributed by atoms with E-state index >= 15 is 0 Å². The van der Waals surface area contributed by atoms with Crippen LogP contribution in [-0.2, 0) is 18.3 Å². The van der Waals surface area contributed by atoms with E-state index in [2.05, 4.69) is 11.4 Å². The van der Waals surface area contributed by atoms with Crippen LogP contribution in [0.5, 0.6) is 0 Å². The molecule has 5 nitrogen and oxygen atoms in total. The Balaban J connectivity index is 1.87. The molecule has 1 atom stereocenters. The van der Waals surface area contributed by atoms with Crippen molar-refractivity contribution in [3.05, 3.63) is 53.7 Å². The molecule has 3 rings (SSSR count). The first-order valence-corrected chi connectivity index (χ1v) is 9.18. The van der Waals surface area contributed by atoms with Crippen LogP contribution in [0.25, 0.3) is 0 Å². The van der Waals surface area contributed by atoms with Crippen molar-refractivity contribution in [2.75, 3.05) is 5.32 Å². The third kappa shape index (κ3) is 3.66. The second-order valence-corrected chi connectivity index (χ2v) is 7.15. The Hall–Kier alpha value is -2.58. The molecule has 26 heavy (non-hydrogen) atoms. The van der Waals surface area contributed by atoms with Crippen molar-refractivity contribution in [1.82, 2.24) is 4.57 Å². The van der Waals surface area contributed by atoms with Gasteiger partial charge in [-0.05, 0) is 36.5 Å². The van der Waals surface area contributed by atoms with Gasteiger partial charge in [0.15, 0.2) is 0 Å². The van der Waals surface area contributed by atoms with E-state index in [1.165, 1.54) is 0 Å². The van der Waals surface area contributed by atoms with Crippen LogP contribution >= 0.6 is 0 Å². The minimum absolute atomic E-state index is 0.0628. The van der Waals surface area contributed by atoms with Gasteiger partial charge in [-0.15, -0.1) is 0 Å². The molecule has 1 amide bonds. The van der Waals surface area contributed by atoms with Gasteiger partial charge in [0.05, 0.1) is 0 Å². The molecule has 136 valence electrons. The number of aromatic nitrogens is 1. The quantitative estimate of drug-likeness (QED) is 0.867. The van der Waals surface area contributed by atoms with Gasteiger partial charge in [-0.25, -0.2) is 0 Å². The summed E-state index contributed by atoms with van der Waals surface area (Å²) in [6.07, 6.45) is 5.24. The van der Waals surface area contributed by atoms with Gasteiger partial charge in [0.25, 0.3) is 5.91 Å². The highest BCUT2D eigenvalue weighted by Gasteiger charge is 2.44. The zero-order valence-corrected chi connectivity index (χ0v) is 15.1. The Morgan fingerprint density at radius 3 is 2.54 bits per heavy atom. The summed E-state index contributed by atoms with van der Waals surface area (Å²) in [5.74, 6) is 0.0694. The average Bonchev–Trinajstić information content (AvgIpc) is 3.02. The number of hydrogen-bond acceptors (Lipinski definition) is 3. The van der Waals surface area contributed by atoms with Crippen molar-refractivity contribution in [3.63, 3.8) is 0 Å². The van der Waals surface area contributed by atoms with Crippen LogP contribution < -0.4 is 5.32 Å². The number of rotatable bonds is 5. The van der Waals surface area contributed by atoms with Gasteiger partial charge in [0, 0.05) is 13.5 Å². The van der Waals surface area contributed by atoms with Crippen LogP contribution in [0.15, 0.2) is 42.5 Å². The number of nitrogens with zero attached hydrogens (tertiary/aromatic N) is 2. The minimum atomic E-state index is -1.46. The first kappa shape index (κ1) is 18.2. The summed E-state index contributed by atoms with van der Waals surface area (Å²) < 4.78 is 1.63. The molecule has 2 aromatic rings. The lowest BCUT2D eigenvalue weighted by atomic mass is 9.73. The fraction of sp³-hybridized carbons (Fsp3) is 0.429. The van der Waals surface area contributed by atoms with E-state index in [1.54, 1.807) is 23.7 Å². The predicted octanol–water partition coefficient (Wildman–Crippen LogP) is 3.39. The molecular weight excluding hydrogens is 326 g/mol. The van der Waals surface area contributed by atoms with E-state index in [1.807, 2.05) is 30.3 Å². The number of anilines is 1. The lowest BCUT2D eigenvalue weighted by molar-refractivity contribution is -0.141. The Labute approximate surface area is 154 Å². The Kier molecular flexibility index (Phi) is 5.43. The molecule has 5 heteroatoms. The molecule has 1 fully saturated rings. The van der Waals surface area contributed by atoms with Crippen LogP contribution in [0.3, 0.4) is 0 Å². The minimum Gasteiger partial charge on any atom is -0.379 e. The van der Waals surface area contributed by atoms with Gasteiger partial charge in [-0.2, -0.15) is 5.26 Å². The summed E-state index contributed by atoms with van der Waals surface area (Å²) in [5, 5.41) is 23.4. The van der Waals surface area contributed by atoms with Crippen molar-refractivity contribution < 1.29 is 9.90 Å². The van der Waals surface area contributed by atoms with Gasteiger partial charge < -0.3 is 15.0 Å². The van der Waals surface area contributed by atoms with E-state index in [-0.39, 0.29) is 11.8 Å².